The highest BCUT2D eigenvalue weighted by molar-refractivity contribution is 5.85. The van der Waals surface area contributed by atoms with Crippen molar-refractivity contribution in [2.45, 2.75) is 12.4 Å². The Hall–Kier alpha value is -1.05. The number of piperazine rings is 1. The van der Waals surface area contributed by atoms with E-state index in [2.05, 4.69) is 10.1 Å². The summed E-state index contributed by atoms with van der Waals surface area (Å²) in [4.78, 5) is 1.98. The van der Waals surface area contributed by atoms with E-state index in [-0.39, 0.29) is 18.2 Å². The first-order valence-corrected chi connectivity index (χ1v) is 6.36. The van der Waals surface area contributed by atoms with E-state index in [1.54, 1.807) is 0 Å². The number of benzene rings is 1. The smallest absolute Gasteiger partial charge is 0.406 e. The van der Waals surface area contributed by atoms with E-state index in [0.717, 1.165) is 26.2 Å². The minimum Gasteiger partial charge on any atom is -0.406 e. The standard InChI is InChI=1S/C13H16F4N2O.ClH/c14-9-12(19-7-5-18-6-8-19)10-1-3-11(4-2-10)20-13(15,16)17;/h1-4,12,18H,5-9H2;1H/t12-;/m0./s1. The van der Waals surface area contributed by atoms with Crippen LogP contribution in [0.2, 0.25) is 0 Å². The van der Waals surface area contributed by atoms with Crippen molar-refractivity contribution in [1.29, 1.82) is 0 Å². The summed E-state index contributed by atoms with van der Waals surface area (Å²) in [6, 6.07) is 4.97. The summed E-state index contributed by atoms with van der Waals surface area (Å²) in [5.41, 5.74) is 0.656. The Morgan fingerprint density at radius 1 is 1.14 bits per heavy atom. The average molecular weight is 329 g/mol. The molecule has 0 bridgehead atoms. The minimum atomic E-state index is -4.71. The van der Waals surface area contributed by atoms with E-state index in [1.165, 1.54) is 24.3 Å². The highest BCUT2D eigenvalue weighted by atomic mass is 35.5. The molecule has 1 fully saturated rings. The molecule has 120 valence electrons. The summed E-state index contributed by atoms with van der Waals surface area (Å²) >= 11 is 0. The number of hydrogen-bond donors (Lipinski definition) is 1. The first kappa shape index (κ1) is 18.0. The predicted molar refractivity (Wildman–Crippen MR) is 73.5 cm³/mol. The highest BCUT2D eigenvalue weighted by Crippen LogP contribution is 2.27. The summed E-state index contributed by atoms with van der Waals surface area (Å²) in [6.45, 7) is 2.43. The average Bonchev–Trinajstić information content (AvgIpc) is 2.41. The molecule has 1 aromatic rings. The number of nitrogens with zero attached hydrogens (tertiary/aromatic N) is 1. The van der Waals surface area contributed by atoms with Crippen LogP contribution >= 0.6 is 12.4 Å². The Bertz CT molecular complexity index is 421. The fraction of sp³-hybridized carbons (Fsp3) is 0.538. The van der Waals surface area contributed by atoms with Crippen LogP contribution in [0.25, 0.3) is 0 Å². The first-order chi connectivity index (χ1) is 9.49. The normalized spacial score (nSPS) is 17.9. The molecule has 1 N–H and O–H groups in total. The van der Waals surface area contributed by atoms with Crippen molar-refractivity contribution in [3.05, 3.63) is 29.8 Å². The lowest BCUT2D eigenvalue weighted by Gasteiger charge is -2.33. The van der Waals surface area contributed by atoms with Crippen molar-refractivity contribution < 1.29 is 22.3 Å². The zero-order valence-corrected chi connectivity index (χ0v) is 12.0. The Kier molecular flexibility index (Phi) is 6.70. The summed E-state index contributed by atoms with van der Waals surface area (Å²) < 4.78 is 53.2. The van der Waals surface area contributed by atoms with E-state index in [9.17, 15) is 17.6 Å². The molecular weight excluding hydrogens is 312 g/mol. The molecule has 0 amide bonds. The van der Waals surface area contributed by atoms with Gasteiger partial charge in [-0.1, -0.05) is 12.1 Å². The third kappa shape index (κ3) is 5.33. The molecule has 1 aliphatic heterocycles. The van der Waals surface area contributed by atoms with E-state index in [0.29, 0.717) is 5.56 Å². The maximum atomic E-state index is 13.2. The van der Waals surface area contributed by atoms with Gasteiger partial charge >= 0.3 is 6.36 Å². The van der Waals surface area contributed by atoms with Gasteiger partial charge in [-0.25, -0.2) is 4.39 Å². The van der Waals surface area contributed by atoms with Crippen molar-refractivity contribution >= 4 is 12.4 Å². The molecule has 0 radical (unpaired) electrons. The van der Waals surface area contributed by atoms with Gasteiger partial charge in [0, 0.05) is 26.2 Å². The SMILES string of the molecule is Cl.FC[C@@H](c1ccc(OC(F)(F)F)cc1)N1CCNCC1. The van der Waals surface area contributed by atoms with E-state index >= 15 is 0 Å². The van der Waals surface area contributed by atoms with E-state index in [1.807, 2.05) is 4.90 Å². The lowest BCUT2D eigenvalue weighted by Crippen LogP contribution is -2.45. The molecule has 1 atom stereocenters. The number of ether oxygens (including phenoxy) is 1. The van der Waals surface area contributed by atoms with Gasteiger partial charge in [-0.3, -0.25) is 4.90 Å². The van der Waals surface area contributed by atoms with Crippen molar-refractivity contribution in [2.75, 3.05) is 32.9 Å². The summed E-state index contributed by atoms with van der Waals surface area (Å²) in [6.07, 6.45) is -4.71. The molecular formula is C13H17ClF4N2O. The van der Waals surface area contributed by atoms with E-state index in [4.69, 9.17) is 0 Å². The second-order valence-electron chi connectivity index (χ2n) is 4.57. The molecule has 0 aromatic heterocycles. The number of nitrogens with one attached hydrogen (secondary N) is 1. The molecule has 8 heteroatoms. The third-order valence-electron chi connectivity index (χ3n) is 3.24. The van der Waals surface area contributed by atoms with Gasteiger partial charge in [0.25, 0.3) is 0 Å². The molecule has 1 aliphatic rings. The zero-order chi connectivity index (χ0) is 14.6. The number of rotatable bonds is 4. The van der Waals surface area contributed by atoms with Crippen molar-refractivity contribution in [2.24, 2.45) is 0 Å². The second kappa shape index (κ2) is 7.82. The molecule has 1 saturated heterocycles. The monoisotopic (exact) mass is 328 g/mol. The zero-order valence-electron chi connectivity index (χ0n) is 11.2. The lowest BCUT2D eigenvalue weighted by molar-refractivity contribution is -0.274. The van der Waals surface area contributed by atoms with Crippen LogP contribution in [0.4, 0.5) is 17.6 Å². The Morgan fingerprint density at radius 3 is 2.19 bits per heavy atom. The van der Waals surface area contributed by atoms with Crippen molar-refractivity contribution in [3.8, 4) is 5.75 Å². The predicted octanol–water partition coefficient (Wildman–Crippen LogP) is 2.92. The summed E-state index contributed by atoms with van der Waals surface area (Å²) in [7, 11) is 0. The van der Waals surface area contributed by atoms with Crippen LogP contribution in [0.15, 0.2) is 24.3 Å². The van der Waals surface area contributed by atoms with Crippen LogP contribution in [0.3, 0.4) is 0 Å². The van der Waals surface area contributed by atoms with Gasteiger partial charge in [0.2, 0.25) is 0 Å². The quantitative estimate of drug-likeness (QED) is 0.860. The number of hydrogen-bond acceptors (Lipinski definition) is 3. The van der Waals surface area contributed by atoms with Gasteiger partial charge in [0.05, 0.1) is 6.04 Å². The third-order valence-corrected chi connectivity index (χ3v) is 3.24. The largest absolute Gasteiger partial charge is 0.573 e. The van der Waals surface area contributed by atoms with Crippen LogP contribution in [0, 0.1) is 0 Å². The van der Waals surface area contributed by atoms with Crippen LogP contribution in [-0.4, -0.2) is 44.1 Å². The van der Waals surface area contributed by atoms with Crippen LogP contribution in [0.1, 0.15) is 11.6 Å². The Morgan fingerprint density at radius 2 is 1.71 bits per heavy atom. The summed E-state index contributed by atoms with van der Waals surface area (Å²) in [5.74, 6) is -0.292. The van der Waals surface area contributed by atoms with Crippen molar-refractivity contribution in [1.82, 2.24) is 10.2 Å². The van der Waals surface area contributed by atoms with Crippen LogP contribution in [0.5, 0.6) is 5.75 Å². The highest BCUT2D eigenvalue weighted by Gasteiger charge is 2.31. The Labute approximate surface area is 126 Å². The van der Waals surface area contributed by atoms with Crippen LogP contribution in [-0.2, 0) is 0 Å². The Balaban J connectivity index is 0.00000220. The fourth-order valence-electron chi connectivity index (χ4n) is 2.28. The topological polar surface area (TPSA) is 24.5 Å². The molecule has 1 heterocycles. The van der Waals surface area contributed by atoms with Crippen LogP contribution < -0.4 is 10.1 Å². The molecule has 2 rings (SSSR count). The summed E-state index contributed by atoms with van der Waals surface area (Å²) in [5, 5.41) is 3.17. The molecule has 0 aliphatic carbocycles. The van der Waals surface area contributed by atoms with Gasteiger partial charge in [-0.15, -0.1) is 25.6 Å². The first-order valence-electron chi connectivity index (χ1n) is 6.36. The molecule has 21 heavy (non-hydrogen) atoms. The maximum Gasteiger partial charge on any atom is 0.573 e. The minimum absolute atomic E-state index is 0. The molecule has 0 unspecified atom stereocenters. The van der Waals surface area contributed by atoms with Gasteiger partial charge in [0.1, 0.15) is 12.4 Å². The van der Waals surface area contributed by atoms with Gasteiger partial charge in [0.15, 0.2) is 0 Å². The van der Waals surface area contributed by atoms with Gasteiger partial charge in [-0.05, 0) is 17.7 Å². The maximum absolute atomic E-state index is 13.2. The van der Waals surface area contributed by atoms with Gasteiger partial charge < -0.3 is 10.1 Å². The number of alkyl halides is 4. The number of halogens is 5. The molecule has 3 nitrogen and oxygen atoms in total. The molecule has 1 aromatic carbocycles. The van der Waals surface area contributed by atoms with Crippen molar-refractivity contribution in [3.63, 3.8) is 0 Å². The second-order valence-corrected chi connectivity index (χ2v) is 4.57. The van der Waals surface area contributed by atoms with E-state index < -0.39 is 19.1 Å². The van der Waals surface area contributed by atoms with Gasteiger partial charge in [-0.2, -0.15) is 0 Å². The molecule has 0 spiro atoms. The fourth-order valence-corrected chi connectivity index (χ4v) is 2.28. The lowest BCUT2D eigenvalue weighted by atomic mass is 10.1. The molecule has 0 saturated carbocycles.